The van der Waals surface area contributed by atoms with Crippen LogP contribution in [0.1, 0.15) is 29.7 Å². The molecule has 0 saturated heterocycles. The number of hydrogen-bond donors (Lipinski definition) is 1. The van der Waals surface area contributed by atoms with Crippen LogP contribution in [0.15, 0.2) is 36.4 Å². The van der Waals surface area contributed by atoms with Crippen molar-refractivity contribution in [1.82, 2.24) is 5.32 Å². The highest BCUT2D eigenvalue weighted by Crippen LogP contribution is 2.34. The molecule has 0 aliphatic rings. The van der Waals surface area contributed by atoms with E-state index >= 15 is 0 Å². The van der Waals surface area contributed by atoms with Crippen LogP contribution < -0.4 is 10.1 Å². The summed E-state index contributed by atoms with van der Waals surface area (Å²) in [5.41, 5.74) is 2.95. The smallest absolute Gasteiger partial charge is 0.124 e. The van der Waals surface area contributed by atoms with Gasteiger partial charge in [0.25, 0.3) is 0 Å². The molecule has 0 fully saturated rings. The second kappa shape index (κ2) is 6.92. The quantitative estimate of drug-likeness (QED) is 0.878. The van der Waals surface area contributed by atoms with Crippen molar-refractivity contribution in [2.45, 2.75) is 19.9 Å². The molecule has 21 heavy (non-hydrogen) atoms. The van der Waals surface area contributed by atoms with E-state index in [4.69, 9.17) is 16.3 Å². The van der Waals surface area contributed by atoms with Crippen LogP contribution in [0.4, 0.5) is 4.39 Å². The van der Waals surface area contributed by atoms with Crippen LogP contribution in [0.5, 0.6) is 5.75 Å². The van der Waals surface area contributed by atoms with Crippen molar-refractivity contribution in [3.05, 3.63) is 63.9 Å². The van der Waals surface area contributed by atoms with Gasteiger partial charge < -0.3 is 10.1 Å². The lowest BCUT2D eigenvalue weighted by Crippen LogP contribution is -2.19. The van der Waals surface area contributed by atoms with Crippen molar-refractivity contribution >= 4 is 11.6 Å². The number of benzene rings is 2. The maximum absolute atomic E-state index is 13.3. The summed E-state index contributed by atoms with van der Waals surface area (Å²) in [5, 5.41) is 3.64. The van der Waals surface area contributed by atoms with Crippen molar-refractivity contribution in [3.8, 4) is 5.75 Å². The van der Waals surface area contributed by atoms with E-state index in [1.165, 1.54) is 12.1 Å². The normalized spacial score (nSPS) is 12.2. The van der Waals surface area contributed by atoms with E-state index in [-0.39, 0.29) is 11.9 Å². The fourth-order valence-corrected chi connectivity index (χ4v) is 2.67. The van der Waals surface area contributed by atoms with Gasteiger partial charge in [-0.2, -0.15) is 0 Å². The fraction of sp³-hybridized carbons (Fsp3) is 0.294. The minimum Gasteiger partial charge on any atom is -0.494 e. The monoisotopic (exact) mass is 307 g/mol. The van der Waals surface area contributed by atoms with E-state index < -0.39 is 0 Å². The summed E-state index contributed by atoms with van der Waals surface area (Å²) in [4.78, 5) is 0. The summed E-state index contributed by atoms with van der Waals surface area (Å²) < 4.78 is 19.0. The molecule has 2 nitrogen and oxygen atoms in total. The van der Waals surface area contributed by atoms with Crippen LogP contribution in [0.3, 0.4) is 0 Å². The molecule has 0 saturated carbocycles. The molecule has 0 aliphatic carbocycles. The molecular weight excluding hydrogens is 289 g/mol. The van der Waals surface area contributed by atoms with Gasteiger partial charge in [0.05, 0.1) is 12.6 Å². The van der Waals surface area contributed by atoms with Gasteiger partial charge in [0, 0.05) is 10.6 Å². The van der Waals surface area contributed by atoms with E-state index in [1.54, 1.807) is 6.07 Å². The van der Waals surface area contributed by atoms with Gasteiger partial charge in [0.1, 0.15) is 11.6 Å². The van der Waals surface area contributed by atoms with Crippen LogP contribution in [0, 0.1) is 12.7 Å². The van der Waals surface area contributed by atoms with E-state index in [9.17, 15) is 4.39 Å². The summed E-state index contributed by atoms with van der Waals surface area (Å²) >= 11 is 6.20. The van der Waals surface area contributed by atoms with Gasteiger partial charge in [-0.25, -0.2) is 4.39 Å². The lowest BCUT2D eigenvalue weighted by molar-refractivity contribution is 0.334. The van der Waals surface area contributed by atoms with E-state index in [1.807, 2.05) is 33.0 Å². The number of ether oxygens (including phenoxy) is 1. The van der Waals surface area contributed by atoms with Crippen molar-refractivity contribution in [2.24, 2.45) is 0 Å². The Hall–Kier alpha value is -1.58. The van der Waals surface area contributed by atoms with Crippen LogP contribution in [0.25, 0.3) is 0 Å². The Morgan fingerprint density at radius 2 is 1.95 bits per heavy atom. The van der Waals surface area contributed by atoms with Crippen LogP contribution in [-0.2, 0) is 0 Å². The zero-order chi connectivity index (χ0) is 15.4. The lowest BCUT2D eigenvalue weighted by atomic mass is 9.96. The molecular formula is C17H19ClFNO. The maximum Gasteiger partial charge on any atom is 0.124 e. The Kier molecular flexibility index (Phi) is 5.21. The van der Waals surface area contributed by atoms with Crippen LogP contribution >= 0.6 is 11.6 Å². The molecule has 112 valence electrons. The summed E-state index contributed by atoms with van der Waals surface area (Å²) in [5.74, 6) is 0.468. The Bertz CT molecular complexity index is 630. The Balaban J connectivity index is 2.52. The van der Waals surface area contributed by atoms with Gasteiger partial charge in [0.15, 0.2) is 0 Å². The average Bonchev–Trinajstić information content (AvgIpc) is 2.45. The molecule has 2 rings (SSSR count). The summed E-state index contributed by atoms with van der Waals surface area (Å²) in [7, 11) is 1.85. The van der Waals surface area contributed by atoms with Gasteiger partial charge >= 0.3 is 0 Å². The van der Waals surface area contributed by atoms with Crippen LogP contribution in [0.2, 0.25) is 5.02 Å². The first-order chi connectivity index (χ1) is 10.1. The minimum absolute atomic E-state index is 0.153. The third-order valence-corrected chi connectivity index (χ3v) is 3.67. The Morgan fingerprint density at radius 1 is 1.19 bits per heavy atom. The van der Waals surface area contributed by atoms with Crippen molar-refractivity contribution in [1.29, 1.82) is 0 Å². The number of halogens is 2. The number of nitrogens with one attached hydrogen (secondary N) is 1. The molecule has 1 N–H and O–H groups in total. The molecule has 0 radical (unpaired) electrons. The topological polar surface area (TPSA) is 21.3 Å². The van der Waals surface area contributed by atoms with E-state index in [0.717, 1.165) is 22.4 Å². The average molecular weight is 308 g/mol. The third-order valence-electron chi connectivity index (χ3n) is 3.34. The molecule has 1 atom stereocenters. The molecule has 0 amide bonds. The van der Waals surface area contributed by atoms with Crippen molar-refractivity contribution < 1.29 is 9.13 Å². The number of rotatable bonds is 5. The first kappa shape index (κ1) is 15.8. The maximum atomic E-state index is 13.3. The van der Waals surface area contributed by atoms with Gasteiger partial charge in [-0.3, -0.25) is 0 Å². The molecule has 0 aliphatic heterocycles. The Morgan fingerprint density at radius 3 is 2.57 bits per heavy atom. The molecule has 2 aromatic rings. The second-order valence-electron chi connectivity index (χ2n) is 4.86. The number of aryl methyl sites for hydroxylation is 1. The second-order valence-corrected chi connectivity index (χ2v) is 5.27. The van der Waals surface area contributed by atoms with Gasteiger partial charge in [0.2, 0.25) is 0 Å². The van der Waals surface area contributed by atoms with Crippen molar-refractivity contribution in [2.75, 3.05) is 13.7 Å². The fourth-order valence-electron chi connectivity index (χ4n) is 2.39. The van der Waals surface area contributed by atoms with E-state index in [0.29, 0.717) is 11.6 Å². The highest BCUT2D eigenvalue weighted by atomic mass is 35.5. The van der Waals surface area contributed by atoms with Crippen molar-refractivity contribution in [3.63, 3.8) is 0 Å². The molecule has 2 aromatic carbocycles. The highest BCUT2D eigenvalue weighted by molar-refractivity contribution is 6.31. The standard InChI is InChI=1S/C17H19ClFNO/c1-4-21-16-8-5-11(2)9-14(16)17(20-3)13-7-6-12(19)10-15(13)18/h5-10,17,20H,4H2,1-3H3. The minimum atomic E-state index is -0.340. The SMILES string of the molecule is CCOc1ccc(C)cc1C(NC)c1ccc(F)cc1Cl. The predicted octanol–water partition coefficient (Wildman–Crippen LogP) is 4.50. The molecule has 0 spiro atoms. The number of hydrogen-bond acceptors (Lipinski definition) is 2. The van der Waals surface area contributed by atoms with E-state index in [2.05, 4.69) is 11.4 Å². The van der Waals surface area contributed by atoms with Gasteiger partial charge in [-0.1, -0.05) is 35.4 Å². The molecule has 0 heterocycles. The first-order valence-electron chi connectivity index (χ1n) is 6.92. The van der Waals surface area contributed by atoms with Gasteiger partial charge in [-0.15, -0.1) is 0 Å². The summed E-state index contributed by atoms with van der Waals surface area (Å²) in [6, 6.07) is 10.3. The summed E-state index contributed by atoms with van der Waals surface area (Å²) in [6.07, 6.45) is 0. The third kappa shape index (κ3) is 3.55. The summed E-state index contributed by atoms with van der Waals surface area (Å²) in [6.45, 7) is 4.56. The Labute approximate surface area is 129 Å². The molecule has 0 bridgehead atoms. The lowest BCUT2D eigenvalue weighted by Gasteiger charge is -2.22. The predicted molar refractivity (Wildman–Crippen MR) is 84.7 cm³/mol. The molecule has 0 aromatic heterocycles. The zero-order valence-corrected chi connectivity index (χ0v) is 13.2. The molecule has 4 heteroatoms. The first-order valence-corrected chi connectivity index (χ1v) is 7.30. The molecule has 1 unspecified atom stereocenters. The zero-order valence-electron chi connectivity index (χ0n) is 12.4. The highest BCUT2D eigenvalue weighted by Gasteiger charge is 2.19. The van der Waals surface area contributed by atoms with Gasteiger partial charge in [-0.05, 0) is 44.7 Å². The largest absolute Gasteiger partial charge is 0.494 e. The van der Waals surface area contributed by atoms with Crippen LogP contribution in [-0.4, -0.2) is 13.7 Å².